The molecule has 1 saturated carbocycles. The number of thiophene rings is 1. The van der Waals surface area contributed by atoms with E-state index in [1.165, 1.54) is 17.7 Å². The summed E-state index contributed by atoms with van der Waals surface area (Å²) in [6.07, 6.45) is 4.01. The van der Waals surface area contributed by atoms with Crippen LogP contribution < -0.4 is 5.32 Å². The lowest BCUT2D eigenvalue weighted by atomic mass is 10.0. The maximum atomic E-state index is 6.03. The van der Waals surface area contributed by atoms with Gasteiger partial charge in [0.05, 0.1) is 16.5 Å². The predicted octanol–water partition coefficient (Wildman–Crippen LogP) is 3.87. The Labute approximate surface area is 112 Å². The van der Waals surface area contributed by atoms with Gasteiger partial charge in [0.2, 0.25) is 0 Å². The predicted molar refractivity (Wildman–Crippen MR) is 73.9 cm³/mol. The summed E-state index contributed by atoms with van der Waals surface area (Å²) in [5, 5.41) is 3.60. The van der Waals surface area contributed by atoms with Crippen molar-refractivity contribution in [2.24, 2.45) is 5.92 Å². The molecule has 1 N–H and O–H groups in total. The quantitative estimate of drug-likeness (QED) is 0.814. The molecule has 1 fully saturated rings. The molecule has 1 aromatic heterocycles. The normalized spacial score (nSPS) is 19.2. The monoisotopic (exact) mass is 273 g/mol. The molecule has 0 spiro atoms. The van der Waals surface area contributed by atoms with Crippen LogP contribution in [0.2, 0.25) is 4.34 Å². The van der Waals surface area contributed by atoms with Crippen molar-refractivity contribution in [3.8, 4) is 0 Å². The zero-order chi connectivity index (χ0) is 12.3. The smallest absolute Gasteiger partial charge is 0.0931 e. The molecule has 1 aliphatic carbocycles. The highest BCUT2D eigenvalue weighted by Gasteiger charge is 2.37. The molecule has 2 atom stereocenters. The van der Waals surface area contributed by atoms with Gasteiger partial charge in [0, 0.05) is 12.0 Å². The average molecular weight is 274 g/mol. The largest absolute Gasteiger partial charge is 0.379 e. The average Bonchev–Trinajstić information content (AvgIpc) is 3.07. The molecule has 1 aliphatic rings. The van der Waals surface area contributed by atoms with E-state index in [1.54, 1.807) is 11.3 Å². The summed E-state index contributed by atoms with van der Waals surface area (Å²) < 4.78 is 6.55. The molecule has 2 unspecified atom stereocenters. The van der Waals surface area contributed by atoms with Crippen LogP contribution >= 0.6 is 22.9 Å². The maximum absolute atomic E-state index is 6.03. The third kappa shape index (κ3) is 3.44. The molecule has 0 saturated heterocycles. The van der Waals surface area contributed by atoms with Gasteiger partial charge in [0.25, 0.3) is 0 Å². The number of nitrogens with one attached hydrogen (secondary N) is 1. The minimum Gasteiger partial charge on any atom is -0.379 e. The highest BCUT2D eigenvalue weighted by atomic mass is 35.5. The van der Waals surface area contributed by atoms with E-state index in [0.29, 0.717) is 6.04 Å². The molecule has 0 amide bonds. The lowest BCUT2D eigenvalue weighted by Crippen LogP contribution is -2.34. The molecule has 1 heterocycles. The van der Waals surface area contributed by atoms with Crippen molar-refractivity contribution >= 4 is 22.9 Å². The van der Waals surface area contributed by atoms with Crippen LogP contribution in [0.4, 0.5) is 0 Å². The Balaban J connectivity index is 2.11. The highest BCUT2D eigenvalue weighted by Crippen LogP contribution is 2.41. The van der Waals surface area contributed by atoms with E-state index < -0.39 is 0 Å². The summed E-state index contributed by atoms with van der Waals surface area (Å²) in [6.45, 7) is 3.21. The first-order valence-electron chi connectivity index (χ1n) is 6.27. The van der Waals surface area contributed by atoms with Crippen molar-refractivity contribution in [2.45, 2.75) is 38.3 Å². The summed E-state index contributed by atoms with van der Waals surface area (Å²) in [7, 11) is 1.82. The third-order valence-electron chi connectivity index (χ3n) is 3.20. The van der Waals surface area contributed by atoms with Gasteiger partial charge in [-0.3, -0.25) is 0 Å². The van der Waals surface area contributed by atoms with E-state index in [9.17, 15) is 0 Å². The molecule has 0 aliphatic heterocycles. The summed E-state index contributed by atoms with van der Waals surface area (Å²) in [5.41, 5.74) is 0. The van der Waals surface area contributed by atoms with Crippen LogP contribution in [0.3, 0.4) is 0 Å². The van der Waals surface area contributed by atoms with Crippen LogP contribution in [-0.2, 0) is 4.74 Å². The van der Waals surface area contributed by atoms with Gasteiger partial charge in [0.15, 0.2) is 0 Å². The summed E-state index contributed by atoms with van der Waals surface area (Å²) in [6, 6.07) is 4.39. The van der Waals surface area contributed by atoms with Crippen LogP contribution in [0.1, 0.15) is 37.1 Å². The summed E-state index contributed by atoms with van der Waals surface area (Å²) in [5.74, 6) is 0.718. The van der Waals surface area contributed by atoms with Crippen molar-refractivity contribution in [1.82, 2.24) is 5.32 Å². The second-order valence-electron chi connectivity index (χ2n) is 4.61. The topological polar surface area (TPSA) is 21.3 Å². The van der Waals surface area contributed by atoms with Gasteiger partial charge in [-0.05, 0) is 43.9 Å². The van der Waals surface area contributed by atoms with Gasteiger partial charge >= 0.3 is 0 Å². The molecule has 17 heavy (non-hydrogen) atoms. The number of ether oxygens (including phenoxy) is 1. The Morgan fingerprint density at radius 2 is 2.29 bits per heavy atom. The van der Waals surface area contributed by atoms with E-state index in [1.807, 2.05) is 13.2 Å². The van der Waals surface area contributed by atoms with E-state index in [0.717, 1.165) is 23.2 Å². The standard InChI is InChI=1S/C13H20ClNOS/c1-3-8-15-12(10-6-7-11(14)17-10)13(16-2)9-4-5-9/h6-7,9,12-13,15H,3-5,8H2,1-2H3. The van der Waals surface area contributed by atoms with E-state index in [2.05, 4.69) is 18.3 Å². The Bertz CT molecular complexity index is 351. The molecule has 4 heteroatoms. The zero-order valence-corrected chi connectivity index (χ0v) is 12.0. The lowest BCUT2D eigenvalue weighted by Gasteiger charge is -2.26. The summed E-state index contributed by atoms with van der Waals surface area (Å²) >= 11 is 7.69. The summed E-state index contributed by atoms with van der Waals surface area (Å²) in [4.78, 5) is 1.29. The minimum absolute atomic E-state index is 0.288. The van der Waals surface area contributed by atoms with Crippen molar-refractivity contribution < 1.29 is 4.74 Å². The molecular weight excluding hydrogens is 254 g/mol. The molecule has 0 aromatic carbocycles. The van der Waals surface area contributed by atoms with Gasteiger partial charge in [0.1, 0.15) is 0 Å². The van der Waals surface area contributed by atoms with E-state index >= 15 is 0 Å². The zero-order valence-electron chi connectivity index (χ0n) is 10.4. The first kappa shape index (κ1) is 13.3. The highest BCUT2D eigenvalue weighted by molar-refractivity contribution is 7.16. The lowest BCUT2D eigenvalue weighted by molar-refractivity contribution is 0.0517. The fourth-order valence-corrected chi connectivity index (χ4v) is 3.37. The molecule has 2 nitrogen and oxygen atoms in total. The van der Waals surface area contributed by atoms with Crippen molar-refractivity contribution in [2.75, 3.05) is 13.7 Å². The molecular formula is C13H20ClNOS. The maximum Gasteiger partial charge on any atom is 0.0931 e. The van der Waals surface area contributed by atoms with Crippen molar-refractivity contribution in [3.05, 3.63) is 21.3 Å². The van der Waals surface area contributed by atoms with Gasteiger partial charge in [-0.2, -0.15) is 0 Å². The van der Waals surface area contributed by atoms with Crippen LogP contribution in [0, 0.1) is 5.92 Å². The number of hydrogen-bond acceptors (Lipinski definition) is 3. The molecule has 96 valence electrons. The Morgan fingerprint density at radius 3 is 2.76 bits per heavy atom. The Hall–Kier alpha value is -0.0900. The van der Waals surface area contributed by atoms with Crippen molar-refractivity contribution in [3.63, 3.8) is 0 Å². The second-order valence-corrected chi connectivity index (χ2v) is 6.36. The van der Waals surface area contributed by atoms with Gasteiger partial charge in [-0.1, -0.05) is 18.5 Å². The SMILES string of the molecule is CCCNC(c1ccc(Cl)s1)C(OC)C1CC1. The minimum atomic E-state index is 0.288. The van der Waals surface area contributed by atoms with Crippen LogP contribution in [0.25, 0.3) is 0 Å². The van der Waals surface area contributed by atoms with Gasteiger partial charge in [-0.25, -0.2) is 0 Å². The Morgan fingerprint density at radius 1 is 1.53 bits per heavy atom. The first-order valence-corrected chi connectivity index (χ1v) is 7.47. The number of halogens is 1. The second kappa shape index (κ2) is 6.19. The van der Waals surface area contributed by atoms with Gasteiger partial charge < -0.3 is 10.1 Å². The van der Waals surface area contributed by atoms with Crippen LogP contribution in [0.15, 0.2) is 12.1 Å². The fourth-order valence-electron chi connectivity index (χ4n) is 2.20. The fraction of sp³-hybridized carbons (Fsp3) is 0.692. The number of rotatable bonds is 7. The first-order chi connectivity index (χ1) is 8.26. The third-order valence-corrected chi connectivity index (χ3v) is 4.52. The van der Waals surface area contributed by atoms with E-state index in [-0.39, 0.29) is 6.10 Å². The van der Waals surface area contributed by atoms with Crippen LogP contribution in [0.5, 0.6) is 0 Å². The molecule has 2 rings (SSSR count). The van der Waals surface area contributed by atoms with Crippen molar-refractivity contribution in [1.29, 1.82) is 0 Å². The molecule has 0 radical (unpaired) electrons. The van der Waals surface area contributed by atoms with E-state index in [4.69, 9.17) is 16.3 Å². The van der Waals surface area contributed by atoms with Gasteiger partial charge in [-0.15, -0.1) is 11.3 Å². The number of hydrogen-bond donors (Lipinski definition) is 1. The number of methoxy groups -OCH3 is 1. The van der Waals surface area contributed by atoms with Crippen LogP contribution in [-0.4, -0.2) is 19.8 Å². The Kier molecular flexibility index (Phi) is 4.86. The molecule has 0 bridgehead atoms. The molecule has 1 aromatic rings.